The number of fused-ring (bicyclic) bond motifs is 2. The molecule has 1 aliphatic rings. The Labute approximate surface area is 235 Å². The fourth-order valence-electron chi connectivity index (χ4n) is 5.77. The zero-order valence-electron chi connectivity index (χ0n) is 22.7. The molecule has 210 valence electrons. The second-order valence-electron chi connectivity index (χ2n) is 11.3. The van der Waals surface area contributed by atoms with Crippen molar-refractivity contribution in [3.8, 4) is 16.9 Å². The van der Waals surface area contributed by atoms with Crippen LogP contribution < -0.4 is 10.2 Å². The van der Waals surface area contributed by atoms with Crippen LogP contribution in [0.1, 0.15) is 42.8 Å². The van der Waals surface area contributed by atoms with Crippen molar-refractivity contribution in [2.75, 3.05) is 6.61 Å². The van der Waals surface area contributed by atoms with Crippen LogP contribution in [0, 0.1) is 13.8 Å². The first kappa shape index (κ1) is 28.2. The molecular formula is C31H30ClF3N2O3. The van der Waals surface area contributed by atoms with Crippen LogP contribution in [-0.4, -0.2) is 33.0 Å². The molecule has 0 fully saturated rings. The first-order valence-corrected chi connectivity index (χ1v) is 13.4. The van der Waals surface area contributed by atoms with Gasteiger partial charge in [0.25, 0.3) is 0 Å². The summed E-state index contributed by atoms with van der Waals surface area (Å²) in [6.07, 6.45) is -3.84. The normalized spacial score (nSPS) is 15.1. The molecule has 40 heavy (non-hydrogen) atoms. The lowest BCUT2D eigenvalue weighted by Gasteiger charge is -2.39. The van der Waals surface area contributed by atoms with Gasteiger partial charge < -0.3 is 14.4 Å². The number of hydrogen-bond acceptors (Lipinski definition) is 4. The van der Waals surface area contributed by atoms with Gasteiger partial charge in [-0.1, -0.05) is 37.6 Å². The quantitative estimate of drug-likeness (QED) is 0.273. The Kier molecular flexibility index (Phi) is 6.99. The summed E-state index contributed by atoms with van der Waals surface area (Å²) < 4.78 is 51.3. The average molecular weight is 571 g/mol. The molecule has 0 bridgehead atoms. The monoisotopic (exact) mass is 570 g/mol. The molecule has 4 aromatic rings. The Morgan fingerprint density at radius 1 is 1.05 bits per heavy atom. The summed E-state index contributed by atoms with van der Waals surface area (Å²) in [5.74, 6) is 0.567. The second-order valence-corrected chi connectivity index (χ2v) is 11.7. The third kappa shape index (κ3) is 5.10. The molecule has 2 aromatic carbocycles. The van der Waals surface area contributed by atoms with Crippen LogP contribution in [0.5, 0.6) is 5.75 Å². The van der Waals surface area contributed by atoms with E-state index in [-0.39, 0.29) is 15.9 Å². The van der Waals surface area contributed by atoms with Crippen LogP contribution in [0.4, 0.5) is 13.2 Å². The topological polar surface area (TPSA) is 64.4 Å². The van der Waals surface area contributed by atoms with Crippen molar-refractivity contribution >= 4 is 22.5 Å². The number of pyridine rings is 2. The van der Waals surface area contributed by atoms with Crippen LogP contribution in [0.3, 0.4) is 0 Å². The van der Waals surface area contributed by atoms with Gasteiger partial charge in [0, 0.05) is 35.0 Å². The van der Waals surface area contributed by atoms with Crippen molar-refractivity contribution in [1.29, 1.82) is 0 Å². The Morgan fingerprint density at radius 2 is 1.70 bits per heavy atom. The zero-order valence-corrected chi connectivity index (χ0v) is 23.5. The highest BCUT2D eigenvalue weighted by Crippen LogP contribution is 2.47. The van der Waals surface area contributed by atoms with Gasteiger partial charge in [0.15, 0.2) is 5.60 Å². The molecular weight excluding hydrogens is 541 g/mol. The van der Waals surface area contributed by atoms with Gasteiger partial charge in [0.1, 0.15) is 10.8 Å². The smallest absolute Gasteiger partial charge is 0.418 e. The Morgan fingerprint density at radius 3 is 2.38 bits per heavy atom. The van der Waals surface area contributed by atoms with E-state index in [0.717, 1.165) is 34.3 Å². The highest BCUT2D eigenvalue weighted by Gasteiger charge is 2.56. The van der Waals surface area contributed by atoms with E-state index in [4.69, 9.17) is 16.3 Å². The van der Waals surface area contributed by atoms with Crippen LogP contribution in [0.25, 0.3) is 22.0 Å². The van der Waals surface area contributed by atoms with Gasteiger partial charge in [-0.05, 0) is 78.8 Å². The van der Waals surface area contributed by atoms with E-state index < -0.39 is 35.6 Å². The summed E-state index contributed by atoms with van der Waals surface area (Å²) in [5.41, 5.74) is 0.427. The van der Waals surface area contributed by atoms with Crippen LogP contribution in [-0.2, 0) is 18.4 Å². The number of hydrogen-bond donors (Lipinski definition) is 1. The third-order valence-electron chi connectivity index (χ3n) is 7.57. The van der Waals surface area contributed by atoms with Crippen molar-refractivity contribution in [3.63, 3.8) is 0 Å². The summed E-state index contributed by atoms with van der Waals surface area (Å²) in [5, 5.41) is 11.4. The maximum atomic E-state index is 14.7. The molecule has 0 saturated heterocycles. The number of alkyl halides is 3. The first-order chi connectivity index (χ1) is 18.7. The van der Waals surface area contributed by atoms with Gasteiger partial charge >= 0.3 is 6.18 Å². The summed E-state index contributed by atoms with van der Waals surface area (Å²) >= 11 is 6.11. The minimum Gasteiger partial charge on any atom is -0.493 e. The van der Waals surface area contributed by atoms with Gasteiger partial charge in [-0.15, -0.1) is 0 Å². The SMILES string of the molecule is Cc1cc(-c2cc3c(c(C(C)(C)CC(O)(Cn4cc(Cl)c(=O)c5ccccc54)C(F)(F)F)c2)OCC3)cc(C)n1. The lowest BCUT2D eigenvalue weighted by Crippen LogP contribution is -2.52. The van der Waals surface area contributed by atoms with Crippen molar-refractivity contribution < 1.29 is 23.0 Å². The Bertz CT molecular complexity index is 1660. The first-order valence-electron chi connectivity index (χ1n) is 13.0. The molecule has 1 N–H and O–H groups in total. The fourth-order valence-corrected chi connectivity index (χ4v) is 5.99. The number of ether oxygens (including phenoxy) is 1. The summed E-state index contributed by atoms with van der Waals surface area (Å²) in [6.45, 7) is 6.75. The molecule has 0 amide bonds. The predicted octanol–water partition coefficient (Wildman–Crippen LogP) is 6.93. The lowest BCUT2D eigenvalue weighted by atomic mass is 9.73. The van der Waals surface area contributed by atoms with Gasteiger partial charge in [-0.3, -0.25) is 9.78 Å². The van der Waals surface area contributed by atoms with Gasteiger partial charge in [0.2, 0.25) is 5.43 Å². The molecule has 1 aliphatic heterocycles. The molecule has 1 atom stereocenters. The number of rotatable bonds is 6. The van der Waals surface area contributed by atoms with Gasteiger partial charge in [0.05, 0.1) is 18.7 Å². The third-order valence-corrected chi connectivity index (χ3v) is 7.83. The van der Waals surface area contributed by atoms with E-state index in [2.05, 4.69) is 4.98 Å². The summed E-state index contributed by atoms with van der Waals surface area (Å²) in [4.78, 5) is 16.9. The van der Waals surface area contributed by atoms with E-state index in [1.165, 1.54) is 16.7 Å². The van der Waals surface area contributed by atoms with E-state index in [0.29, 0.717) is 24.3 Å². The number of para-hydroxylation sites is 1. The minimum atomic E-state index is -4.98. The van der Waals surface area contributed by atoms with Crippen LogP contribution in [0.15, 0.2) is 59.5 Å². The Hall–Kier alpha value is -3.36. The minimum absolute atomic E-state index is 0.181. The number of halogens is 4. The lowest BCUT2D eigenvalue weighted by molar-refractivity contribution is -0.271. The largest absolute Gasteiger partial charge is 0.493 e. The number of nitrogens with zero attached hydrogens (tertiary/aromatic N) is 2. The summed E-state index contributed by atoms with van der Waals surface area (Å²) in [7, 11) is 0. The van der Waals surface area contributed by atoms with E-state index in [1.807, 2.05) is 38.1 Å². The standard InChI is InChI=1S/C31H30ClF3N2O3/c1-18-11-21(12-19(2)36-18)22-13-20-9-10-40-28(20)24(14-22)29(3,4)16-30(39,31(33,34)35)17-37-15-25(32)27(38)23-7-5-6-8-26(23)37/h5-8,11-15,39H,9-10,16-17H2,1-4H3. The molecule has 0 aliphatic carbocycles. The molecule has 3 heterocycles. The predicted molar refractivity (Wildman–Crippen MR) is 150 cm³/mol. The van der Waals surface area contributed by atoms with Crippen LogP contribution in [0.2, 0.25) is 5.02 Å². The molecule has 5 rings (SSSR count). The number of benzene rings is 2. The Balaban J connectivity index is 1.61. The van der Waals surface area contributed by atoms with Gasteiger partial charge in [-0.2, -0.15) is 13.2 Å². The summed E-state index contributed by atoms with van der Waals surface area (Å²) in [6, 6.07) is 14.0. The van der Waals surface area contributed by atoms with Crippen LogP contribution >= 0.6 is 11.6 Å². The van der Waals surface area contributed by atoms with E-state index in [1.54, 1.807) is 26.0 Å². The second kappa shape index (κ2) is 9.93. The maximum absolute atomic E-state index is 14.7. The maximum Gasteiger partial charge on any atom is 0.418 e. The van der Waals surface area contributed by atoms with Gasteiger partial charge in [-0.25, -0.2) is 0 Å². The molecule has 2 aromatic heterocycles. The van der Waals surface area contributed by atoms with Crippen molar-refractivity contribution in [2.24, 2.45) is 0 Å². The van der Waals surface area contributed by atoms with Crippen molar-refractivity contribution in [2.45, 2.75) is 64.3 Å². The molecule has 1 unspecified atom stereocenters. The average Bonchev–Trinajstić information content (AvgIpc) is 3.34. The van der Waals surface area contributed by atoms with Crippen molar-refractivity contribution in [3.05, 3.63) is 92.5 Å². The zero-order chi connectivity index (χ0) is 29.0. The highest BCUT2D eigenvalue weighted by molar-refractivity contribution is 6.31. The number of aromatic nitrogens is 2. The number of aryl methyl sites for hydroxylation is 2. The molecule has 0 radical (unpaired) electrons. The van der Waals surface area contributed by atoms with Crippen molar-refractivity contribution in [1.82, 2.24) is 9.55 Å². The van der Waals surface area contributed by atoms with E-state index in [9.17, 15) is 23.1 Å². The number of aliphatic hydroxyl groups is 1. The fraction of sp³-hybridized carbons (Fsp3) is 0.355. The highest BCUT2D eigenvalue weighted by atomic mass is 35.5. The molecule has 5 nitrogen and oxygen atoms in total. The molecule has 0 saturated carbocycles. The molecule has 0 spiro atoms. The van der Waals surface area contributed by atoms with E-state index >= 15 is 0 Å². The molecule has 9 heteroatoms.